The van der Waals surface area contributed by atoms with Gasteiger partial charge in [0, 0.05) is 36.6 Å². The van der Waals surface area contributed by atoms with Crippen LogP contribution in [0.4, 0.5) is 0 Å². The van der Waals surface area contributed by atoms with Crippen LogP contribution in [0.5, 0.6) is 0 Å². The number of aromatic nitrogens is 3. The monoisotopic (exact) mass is 272 g/mol. The predicted molar refractivity (Wildman–Crippen MR) is 76.5 cm³/mol. The third-order valence-electron chi connectivity index (χ3n) is 3.93. The van der Waals surface area contributed by atoms with Crippen LogP contribution in [0.3, 0.4) is 0 Å². The van der Waals surface area contributed by atoms with Crippen molar-refractivity contribution in [2.75, 3.05) is 13.1 Å². The zero-order chi connectivity index (χ0) is 14.1. The minimum Gasteiger partial charge on any atom is -0.303 e. The number of likely N-dealkylation sites (tertiary alicyclic amines) is 1. The highest BCUT2D eigenvalue weighted by atomic mass is 16.1. The van der Waals surface area contributed by atoms with E-state index in [-0.39, 0.29) is 5.92 Å². The van der Waals surface area contributed by atoms with Gasteiger partial charge in [-0.2, -0.15) is 0 Å². The average molecular weight is 272 g/mol. The zero-order valence-corrected chi connectivity index (χ0v) is 12.0. The molecule has 3 rings (SSSR count). The van der Waals surface area contributed by atoms with Gasteiger partial charge in [0.15, 0.2) is 0 Å². The Morgan fingerprint density at radius 1 is 1.40 bits per heavy atom. The highest BCUT2D eigenvalue weighted by molar-refractivity contribution is 5.53. The number of aldehydes is 1. The Labute approximate surface area is 118 Å². The molecule has 0 N–H and O–H groups in total. The lowest BCUT2D eigenvalue weighted by Gasteiger charge is -2.29. The SMILES string of the molecule is Cc1cc(C)n2cc(CN3CCCC(C=O)C3)nc2n1. The van der Waals surface area contributed by atoms with Crippen LogP contribution in [-0.2, 0) is 11.3 Å². The van der Waals surface area contributed by atoms with Gasteiger partial charge in [-0.1, -0.05) is 0 Å². The van der Waals surface area contributed by atoms with E-state index < -0.39 is 0 Å². The molecule has 1 unspecified atom stereocenters. The fraction of sp³-hybridized carbons (Fsp3) is 0.533. The van der Waals surface area contributed by atoms with Gasteiger partial charge in [0.05, 0.1) is 5.69 Å². The van der Waals surface area contributed by atoms with Gasteiger partial charge in [0.25, 0.3) is 0 Å². The van der Waals surface area contributed by atoms with Gasteiger partial charge in [0.2, 0.25) is 5.78 Å². The van der Waals surface area contributed by atoms with Crippen molar-refractivity contribution in [2.24, 2.45) is 5.92 Å². The molecular weight excluding hydrogens is 252 g/mol. The molecule has 0 radical (unpaired) electrons. The molecule has 1 aliphatic rings. The maximum atomic E-state index is 10.9. The standard InChI is InChI=1S/C15H20N4O/c1-11-6-12(2)19-9-14(17-15(19)16-11)8-18-5-3-4-13(7-18)10-20/h6,9-10,13H,3-5,7-8H2,1-2H3. The second kappa shape index (κ2) is 5.32. The second-order valence-electron chi connectivity index (χ2n) is 5.71. The molecule has 2 aromatic heterocycles. The van der Waals surface area contributed by atoms with Gasteiger partial charge in [0.1, 0.15) is 6.29 Å². The number of hydrogen-bond donors (Lipinski definition) is 0. The molecule has 1 aliphatic heterocycles. The lowest BCUT2D eigenvalue weighted by Crippen LogP contribution is -2.35. The zero-order valence-electron chi connectivity index (χ0n) is 12.0. The Morgan fingerprint density at radius 3 is 3.05 bits per heavy atom. The van der Waals surface area contributed by atoms with E-state index in [0.29, 0.717) is 0 Å². The molecule has 0 aromatic carbocycles. The van der Waals surface area contributed by atoms with E-state index >= 15 is 0 Å². The molecule has 20 heavy (non-hydrogen) atoms. The number of rotatable bonds is 3. The Hall–Kier alpha value is -1.75. The Kier molecular flexibility index (Phi) is 3.53. The van der Waals surface area contributed by atoms with Crippen LogP contribution < -0.4 is 0 Å². The molecule has 5 nitrogen and oxygen atoms in total. The maximum absolute atomic E-state index is 10.9. The van der Waals surface area contributed by atoms with E-state index in [9.17, 15) is 4.79 Å². The molecule has 1 atom stereocenters. The minimum absolute atomic E-state index is 0.183. The van der Waals surface area contributed by atoms with E-state index in [1.165, 1.54) is 0 Å². The maximum Gasteiger partial charge on any atom is 0.234 e. The topological polar surface area (TPSA) is 50.5 Å². The summed E-state index contributed by atoms with van der Waals surface area (Å²) in [5, 5.41) is 0. The molecule has 0 spiro atoms. The van der Waals surface area contributed by atoms with Crippen LogP contribution in [0.25, 0.3) is 5.78 Å². The molecular formula is C15H20N4O. The summed E-state index contributed by atoms with van der Waals surface area (Å²) >= 11 is 0. The molecule has 3 heterocycles. The number of fused-ring (bicyclic) bond motifs is 1. The van der Waals surface area contributed by atoms with Crippen LogP contribution in [0, 0.1) is 19.8 Å². The van der Waals surface area contributed by atoms with Gasteiger partial charge in [-0.15, -0.1) is 0 Å². The van der Waals surface area contributed by atoms with Crippen molar-refractivity contribution in [1.82, 2.24) is 19.3 Å². The average Bonchev–Trinajstić information content (AvgIpc) is 2.81. The summed E-state index contributed by atoms with van der Waals surface area (Å²) < 4.78 is 2.03. The number of piperidine rings is 1. The summed E-state index contributed by atoms with van der Waals surface area (Å²) in [4.78, 5) is 22.3. The number of carbonyl (C=O) groups is 1. The van der Waals surface area contributed by atoms with E-state index in [0.717, 1.165) is 61.6 Å². The van der Waals surface area contributed by atoms with Crippen molar-refractivity contribution in [2.45, 2.75) is 33.2 Å². The third kappa shape index (κ3) is 2.58. The van der Waals surface area contributed by atoms with Gasteiger partial charge in [-0.25, -0.2) is 9.97 Å². The Balaban J connectivity index is 1.80. The van der Waals surface area contributed by atoms with Crippen molar-refractivity contribution in [3.8, 4) is 0 Å². The summed E-state index contributed by atoms with van der Waals surface area (Å²) in [5.74, 6) is 0.948. The number of carbonyl (C=O) groups excluding carboxylic acids is 1. The first-order valence-corrected chi connectivity index (χ1v) is 7.15. The number of imidazole rings is 1. The first-order valence-electron chi connectivity index (χ1n) is 7.15. The molecule has 1 saturated heterocycles. The second-order valence-corrected chi connectivity index (χ2v) is 5.71. The first-order chi connectivity index (χ1) is 9.65. The molecule has 106 valence electrons. The highest BCUT2D eigenvalue weighted by Gasteiger charge is 2.20. The molecule has 2 aromatic rings. The lowest BCUT2D eigenvalue weighted by molar-refractivity contribution is -0.112. The van der Waals surface area contributed by atoms with Crippen LogP contribution in [0.15, 0.2) is 12.3 Å². The summed E-state index contributed by atoms with van der Waals surface area (Å²) in [6, 6.07) is 2.06. The van der Waals surface area contributed by atoms with Crippen molar-refractivity contribution >= 4 is 12.1 Å². The predicted octanol–water partition coefficient (Wildman–Crippen LogP) is 1.76. The van der Waals surface area contributed by atoms with E-state index in [2.05, 4.69) is 34.1 Å². The van der Waals surface area contributed by atoms with Crippen LogP contribution in [0.2, 0.25) is 0 Å². The Morgan fingerprint density at radius 2 is 2.25 bits per heavy atom. The summed E-state index contributed by atoms with van der Waals surface area (Å²) in [6.45, 7) is 6.75. The van der Waals surface area contributed by atoms with E-state index in [4.69, 9.17) is 0 Å². The molecule has 0 bridgehead atoms. The van der Waals surface area contributed by atoms with Crippen molar-refractivity contribution in [3.63, 3.8) is 0 Å². The molecule has 1 fully saturated rings. The van der Waals surface area contributed by atoms with Crippen LogP contribution in [-0.4, -0.2) is 38.6 Å². The number of nitrogens with zero attached hydrogens (tertiary/aromatic N) is 4. The summed E-state index contributed by atoms with van der Waals surface area (Å²) in [7, 11) is 0. The minimum atomic E-state index is 0.183. The molecule has 0 aliphatic carbocycles. The highest BCUT2D eigenvalue weighted by Crippen LogP contribution is 2.17. The van der Waals surface area contributed by atoms with Crippen LogP contribution >= 0.6 is 0 Å². The number of aryl methyl sites for hydroxylation is 2. The van der Waals surface area contributed by atoms with E-state index in [1.807, 2.05) is 11.3 Å². The largest absolute Gasteiger partial charge is 0.303 e. The fourth-order valence-electron chi connectivity index (χ4n) is 2.97. The fourth-order valence-corrected chi connectivity index (χ4v) is 2.97. The van der Waals surface area contributed by atoms with Gasteiger partial charge in [-0.05, 0) is 39.3 Å². The van der Waals surface area contributed by atoms with Crippen molar-refractivity contribution < 1.29 is 4.79 Å². The normalized spacial score (nSPS) is 20.4. The Bertz CT molecular complexity index is 634. The lowest BCUT2D eigenvalue weighted by atomic mass is 10.00. The smallest absolute Gasteiger partial charge is 0.234 e. The first kappa shape index (κ1) is 13.2. The molecule has 0 saturated carbocycles. The van der Waals surface area contributed by atoms with Gasteiger partial charge < -0.3 is 4.79 Å². The van der Waals surface area contributed by atoms with E-state index in [1.54, 1.807) is 0 Å². The number of hydrogen-bond acceptors (Lipinski definition) is 4. The quantitative estimate of drug-likeness (QED) is 0.799. The van der Waals surface area contributed by atoms with Gasteiger partial charge >= 0.3 is 0 Å². The van der Waals surface area contributed by atoms with Crippen LogP contribution in [0.1, 0.15) is 29.9 Å². The molecule has 0 amide bonds. The van der Waals surface area contributed by atoms with Crippen molar-refractivity contribution in [1.29, 1.82) is 0 Å². The van der Waals surface area contributed by atoms with Gasteiger partial charge in [-0.3, -0.25) is 9.30 Å². The summed E-state index contributed by atoms with van der Waals surface area (Å²) in [6.07, 6.45) is 5.25. The molecule has 5 heteroatoms. The summed E-state index contributed by atoms with van der Waals surface area (Å²) in [5.41, 5.74) is 3.17. The van der Waals surface area contributed by atoms with Crippen molar-refractivity contribution in [3.05, 3.63) is 29.3 Å². The third-order valence-corrected chi connectivity index (χ3v) is 3.93.